The second kappa shape index (κ2) is 8.22. The second-order valence-corrected chi connectivity index (χ2v) is 4.87. The van der Waals surface area contributed by atoms with E-state index >= 15 is 0 Å². The van der Waals surface area contributed by atoms with Crippen LogP contribution in [0, 0.1) is 6.92 Å². The Labute approximate surface area is 127 Å². The summed E-state index contributed by atoms with van der Waals surface area (Å²) in [6, 6.07) is 7.64. The molecule has 21 heavy (non-hydrogen) atoms. The number of aryl methyl sites for hydroxylation is 1. The van der Waals surface area contributed by atoms with E-state index in [0.29, 0.717) is 5.57 Å². The van der Waals surface area contributed by atoms with Crippen LogP contribution in [0.15, 0.2) is 59.7 Å². The van der Waals surface area contributed by atoms with Crippen LogP contribution >= 0.6 is 0 Å². The lowest BCUT2D eigenvalue weighted by atomic mass is 10.1. The number of para-hydroxylation sites is 1. The minimum atomic E-state index is -0.174. The molecule has 0 aliphatic carbocycles. The average molecular weight is 285 g/mol. The molecule has 112 valence electrons. The van der Waals surface area contributed by atoms with Crippen LogP contribution in [-0.4, -0.2) is 13.0 Å². The van der Waals surface area contributed by atoms with Crippen LogP contribution in [0.2, 0.25) is 0 Å². The lowest BCUT2D eigenvalue weighted by molar-refractivity contribution is -0.120. The summed E-state index contributed by atoms with van der Waals surface area (Å²) in [5.41, 5.74) is 3.30. The highest BCUT2D eigenvalue weighted by Crippen LogP contribution is 2.22. The zero-order chi connectivity index (χ0) is 15.8. The van der Waals surface area contributed by atoms with Crippen molar-refractivity contribution >= 4 is 11.6 Å². The lowest BCUT2D eigenvalue weighted by Crippen LogP contribution is -2.31. The van der Waals surface area contributed by atoms with Gasteiger partial charge in [0.2, 0.25) is 0 Å². The van der Waals surface area contributed by atoms with Gasteiger partial charge in [0.25, 0.3) is 5.91 Å². The lowest BCUT2D eigenvalue weighted by Gasteiger charge is -2.22. The van der Waals surface area contributed by atoms with Crippen LogP contribution in [0.1, 0.15) is 26.3 Å². The van der Waals surface area contributed by atoms with Crippen LogP contribution < -0.4 is 5.06 Å². The average Bonchev–Trinajstić information content (AvgIpc) is 2.45. The van der Waals surface area contributed by atoms with E-state index in [9.17, 15) is 4.79 Å². The summed E-state index contributed by atoms with van der Waals surface area (Å²) < 4.78 is 0. The Hall–Kier alpha value is -2.13. The molecular weight excluding hydrogens is 262 g/mol. The van der Waals surface area contributed by atoms with E-state index in [4.69, 9.17) is 4.84 Å². The fraction of sp³-hybridized carbons (Fsp3) is 0.278. The normalized spacial score (nSPS) is 11.1. The zero-order valence-electron chi connectivity index (χ0n) is 13.4. The van der Waals surface area contributed by atoms with Gasteiger partial charge in [-0.25, -0.2) is 0 Å². The topological polar surface area (TPSA) is 29.5 Å². The number of hydrogen-bond acceptors (Lipinski definition) is 2. The first kappa shape index (κ1) is 16.9. The molecule has 1 rings (SSSR count). The smallest absolute Gasteiger partial charge is 0.269 e. The fourth-order valence-corrected chi connectivity index (χ4v) is 1.91. The highest BCUT2D eigenvalue weighted by molar-refractivity contribution is 6.07. The Balaban J connectivity index is 3.18. The number of anilines is 1. The number of hydroxylamine groups is 1. The first-order valence-electron chi connectivity index (χ1n) is 6.94. The third-order valence-electron chi connectivity index (χ3n) is 3.04. The molecule has 0 N–H and O–H groups in total. The predicted octanol–water partition coefficient (Wildman–Crippen LogP) is 4.36. The minimum Gasteiger partial charge on any atom is -0.269 e. The van der Waals surface area contributed by atoms with Gasteiger partial charge in [0.05, 0.1) is 12.8 Å². The van der Waals surface area contributed by atoms with Gasteiger partial charge in [0.1, 0.15) is 0 Å². The van der Waals surface area contributed by atoms with Crippen molar-refractivity contribution in [1.29, 1.82) is 0 Å². The molecule has 0 saturated carbocycles. The van der Waals surface area contributed by atoms with Crippen molar-refractivity contribution < 1.29 is 9.63 Å². The van der Waals surface area contributed by atoms with Gasteiger partial charge in [-0.2, -0.15) is 5.06 Å². The molecule has 3 nitrogen and oxygen atoms in total. The van der Waals surface area contributed by atoms with E-state index in [0.717, 1.165) is 16.8 Å². The Morgan fingerprint density at radius 2 is 1.86 bits per heavy atom. The maximum absolute atomic E-state index is 12.7. The van der Waals surface area contributed by atoms with E-state index in [1.165, 1.54) is 12.2 Å². The summed E-state index contributed by atoms with van der Waals surface area (Å²) in [5, 5.41) is 1.33. The van der Waals surface area contributed by atoms with E-state index < -0.39 is 0 Å². The number of carbonyl (C=O) groups is 1. The molecule has 0 unspecified atom stereocenters. The van der Waals surface area contributed by atoms with Crippen molar-refractivity contribution in [2.75, 3.05) is 12.2 Å². The third-order valence-corrected chi connectivity index (χ3v) is 3.04. The van der Waals surface area contributed by atoms with Crippen LogP contribution in [-0.2, 0) is 9.63 Å². The van der Waals surface area contributed by atoms with Crippen LogP contribution in [0.25, 0.3) is 0 Å². The molecule has 0 aliphatic heterocycles. The van der Waals surface area contributed by atoms with Gasteiger partial charge >= 0.3 is 0 Å². The summed E-state index contributed by atoms with van der Waals surface area (Å²) in [5.74, 6) is -0.174. The second-order valence-electron chi connectivity index (χ2n) is 4.87. The molecule has 0 spiro atoms. The molecule has 0 heterocycles. The van der Waals surface area contributed by atoms with Crippen molar-refractivity contribution in [3.05, 3.63) is 65.3 Å². The summed E-state index contributed by atoms with van der Waals surface area (Å²) in [7, 11) is 1.50. The quantitative estimate of drug-likeness (QED) is 0.457. The van der Waals surface area contributed by atoms with Crippen LogP contribution in [0.4, 0.5) is 5.69 Å². The van der Waals surface area contributed by atoms with Gasteiger partial charge in [-0.1, -0.05) is 42.0 Å². The van der Waals surface area contributed by atoms with Crippen LogP contribution in [0.3, 0.4) is 0 Å². The Bertz CT molecular complexity index is 579. The molecule has 0 saturated heterocycles. The SMILES string of the molecule is C/C=C\C=C/C(C(=O)N(OC)c1ccccc1C)=C(C)C. The molecule has 0 bridgehead atoms. The number of benzene rings is 1. The molecule has 0 fully saturated rings. The maximum atomic E-state index is 12.7. The maximum Gasteiger partial charge on any atom is 0.282 e. The van der Waals surface area contributed by atoms with Gasteiger partial charge in [-0.15, -0.1) is 0 Å². The molecule has 0 aliphatic rings. The first-order chi connectivity index (χ1) is 10.0. The van der Waals surface area contributed by atoms with Crippen molar-refractivity contribution in [2.24, 2.45) is 0 Å². The molecular formula is C18H23NO2. The van der Waals surface area contributed by atoms with Crippen molar-refractivity contribution in [3.8, 4) is 0 Å². The molecule has 1 aromatic rings. The fourth-order valence-electron chi connectivity index (χ4n) is 1.91. The summed E-state index contributed by atoms with van der Waals surface area (Å²) >= 11 is 0. The number of allylic oxidation sites excluding steroid dienone is 4. The molecule has 1 amide bonds. The van der Waals surface area contributed by atoms with E-state index in [2.05, 4.69) is 0 Å². The monoisotopic (exact) mass is 285 g/mol. The van der Waals surface area contributed by atoms with Crippen molar-refractivity contribution in [2.45, 2.75) is 27.7 Å². The van der Waals surface area contributed by atoms with Gasteiger partial charge in [0, 0.05) is 5.57 Å². The Morgan fingerprint density at radius 1 is 1.19 bits per heavy atom. The van der Waals surface area contributed by atoms with E-state index in [1.807, 2.05) is 76.3 Å². The van der Waals surface area contributed by atoms with Gasteiger partial charge in [-0.05, 0) is 45.4 Å². The van der Waals surface area contributed by atoms with Crippen molar-refractivity contribution in [3.63, 3.8) is 0 Å². The highest BCUT2D eigenvalue weighted by atomic mass is 16.7. The van der Waals surface area contributed by atoms with Crippen molar-refractivity contribution in [1.82, 2.24) is 0 Å². The minimum absolute atomic E-state index is 0.174. The van der Waals surface area contributed by atoms with E-state index in [-0.39, 0.29) is 5.91 Å². The zero-order valence-corrected chi connectivity index (χ0v) is 13.4. The molecule has 1 aromatic carbocycles. The molecule has 0 radical (unpaired) electrons. The number of rotatable bonds is 5. The Kier molecular flexibility index (Phi) is 6.63. The molecule has 0 atom stereocenters. The molecule has 3 heteroatoms. The number of carbonyl (C=O) groups excluding carboxylic acids is 1. The third kappa shape index (κ3) is 4.43. The largest absolute Gasteiger partial charge is 0.282 e. The highest BCUT2D eigenvalue weighted by Gasteiger charge is 2.20. The number of nitrogens with zero attached hydrogens (tertiary/aromatic N) is 1. The Morgan fingerprint density at radius 3 is 2.38 bits per heavy atom. The first-order valence-corrected chi connectivity index (χ1v) is 6.94. The van der Waals surface area contributed by atoms with Crippen LogP contribution in [0.5, 0.6) is 0 Å². The van der Waals surface area contributed by atoms with E-state index in [1.54, 1.807) is 0 Å². The van der Waals surface area contributed by atoms with Gasteiger partial charge < -0.3 is 0 Å². The van der Waals surface area contributed by atoms with Gasteiger partial charge in [-0.3, -0.25) is 9.63 Å². The summed E-state index contributed by atoms with van der Waals surface area (Å²) in [6.45, 7) is 7.72. The molecule has 0 aromatic heterocycles. The summed E-state index contributed by atoms with van der Waals surface area (Å²) in [4.78, 5) is 18.0. The predicted molar refractivity (Wildman–Crippen MR) is 88.0 cm³/mol. The number of amides is 1. The standard InChI is InChI=1S/C18H23NO2/c1-6-7-8-12-16(14(2)3)18(20)19(21-5)17-13-10-9-11-15(17)4/h6-13H,1-5H3/b7-6-,12-8-. The van der Waals surface area contributed by atoms with Gasteiger partial charge in [0.15, 0.2) is 0 Å². The summed E-state index contributed by atoms with van der Waals surface area (Å²) in [6.07, 6.45) is 7.47. The number of hydrogen-bond donors (Lipinski definition) is 0.